The molecule has 0 unspecified atom stereocenters. The van der Waals surface area contributed by atoms with Crippen molar-refractivity contribution >= 4 is 21.7 Å². The fourth-order valence-electron chi connectivity index (χ4n) is 0.650. The number of hydrogen-bond acceptors (Lipinski definition) is 3. The highest BCUT2D eigenvalue weighted by Gasteiger charge is 2.10. The van der Waals surface area contributed by atoms with E-state index in [1.54, 1.807) is 0 Å². The summed E-state index contributed by atoms with van der Waals surface area (Å²) in [7, 11) is 1.36. The topological polar surface area (TPSA) is 48.1 Å². The van der Waals surface area contributed by atoms with Crippen molar-refractivity contribution in [2.24, 2.45) is 0 Å². The number of rotatable bonds is 1. The van der Waals surface area contributed by atoms with Gasteiger partial charge in [-0.15, -0.1) is 0 Å². The van der Waals surface area contributed by atoms with E-state index in [0.717, 1.165) is 0 Å². The molecule has 0 aliphatic carbocycles. The Morgan fingerprint density at radius 2 is 2.36 bits per heavy atom. The Morgan fingerprint density at radius 1 is 1.73 bits per heavy atom. The van der Waals surface area contributed by atoms with Crippen molar-refractivity contribution in [2.45, 2.75) is 0 Å². The van der Waals surface area contributed by atoms with Crippen LogP contribution in [0.5, 0.6) is 5.75 Å². The molecular weight excluding hydrogens is 215 g/mol. The number of hydrogen-bond donors (Lipinski definition) is 1. The second kappa shape index (κ2) is 3.04. The van der Waals surface area contributed by atoms with E-state index in [1.807, 2.05) is 0 Å². The lowest BCUT2D eigenvalue weighted by atomic mass is 10.4. The highest BCUT2D eigenvalue weighted by atomic mass is 79.9. The summed E-state index contributed by atoms with van der Waals surface area (Å²) in [6.07, 6.45) is 1.39. The van der Waals surface area contributed by atoms with Crippen LogP contribution in [0.1, 0.15) is 0 Å². The van der Waals surface area contributed by atoms with Crippen molar-refractivity contribution in [1.82, 2.24) is 4.98 Å². The van der Waals surface area contributed by atoms with Crippen LogP contribution < -0.4 is 10.5 Å². The van der Waals surface area contributed by atoms with E-state index in [1.165, 1.54) is 13.3 Å². The van der Waals surface area contributed by atoms with Crippen LogP contribution >= 0.6 is 15.9 Å². The van der Waals surface area contributed by atoms with Gasteiger partial charge in [0.2, 0.25) is 5.82 Å². The number of nitrogens with two attached hydrogens (primary N) is 1. The Hall–Kier alpha value is -0.840. The van der Waals surface area contributed by atoms with E-state index in [9.17, 15) is 4.39 Å². The average molecular weight is 221 g/mol. The largest absolute Gasteiger partial charge is 0.492 e. The molecule has 0 saturated carbocycles. The third-order valence-corrected chi connectivity index (χ3v) is 1.73. The summed E-state index contributed by atoms with van der Waals surface area (Å²) in [5, 5.41) is 0. The zero-order valence-corrected chi connectivity index (χ0v) is 7.35. The SMILES string of the molecule is COc1c(Br)cnc(N)c1F. The maximum absolute atomic E-state index is 12.9. The molecule has 1 rings (SSSR count). The minimum atomic E-state index is -0.637. The van der Waals surface area contributed by atoms with E-state index in [4.69, 9.17) is 10.5 Å². The number of methoxy groups -OCH3 is 1. The van der Waals surface area contributed by atoms with Crippen LogP contribution in [0.4, 0.5) is 10.2 Å². The molecule has 0 aliphatic rings. The first kappa shape index (κ1) is 8.26. The Labute approximate surface area is 71.5 Å². The molecule has 1 aromatic rings. The maximum Gasteiger partial charge on any atom is 0.208 e. The molecule has 5 heteroatoms. The van der Waals surface area contributed by atoms with Gasteiger partial charge in [-0.05, 0) is 15.9 Å². The predicted molar refractivity (Wildman–Crippen MR) is 42.9 cm³/mol. The second-order valence-electron chi connectivity index (χ2n) is 1.84. The van der Waals surface area contributed by atoms with Gasteiger partial charge in [0, 0.05) is 6.20 Å². The molecule has 3 nitrogen and oxygen atoms in total. The minimum Gasteiger partial charge on any atom is -0.492 e. The fraction of sp³-hybridized carbons (Fsp3) is 0.167. The van der Waals surface area contributed by atoms with Gasteiger partial charge in [-0.25, -0.2) is 4.98 Å². The lowest BCUT2D eigenvalue weighted by Gasteiger charge is -2.04. The summed E-state index contributed by atoms with van der Waals surface area (Å²) < 4.78 is 18.1. The highest BCUT2D eigenvalue weighted by Crippen LogP contribution is 2.29. The predicted octanol–water partition coefficient (Wildman–Crippen LogP) is 1.57. The number of anilines is 1. The Morgan fingerprint density at radius 3 is 2.82 bits per heavy atom. The molecule has 0 bridgehead atoms. The maximum atomic E-state index is 12.9. The molecule has 11 heavy (non-hydrogen) atoms. The molecule has 0 fully saturated rings. The smallest absolute Gasteiger partial charge is 0.208 e. The molecule has 1 heterocycles. The van der Waals surface area contributed by atoms with E-state index < -0.39 is 5.82 Å². The zero-order chi connectivity index (χ0) is 8.43. The van der Waals surface area contributed by atoms with Gasteiger partial charge in [-0.1, -0.05) is 0 Å². The highest BCUT2D eigenvalue weighted by molar-refractivity contribution is 9.10. The van der Waals surface area contributed by atoms with Crippen LogP contribution in [-0.4, -0.2) is 12.1 Å². The van der Waals surface area contributed by atoms with Crippen molar-refractivity contribution in [3.63, 3.8) is 0 Å². The van der Waals surface area contributed by atoms with Gasteiger partial charge in [-0.2, -0.15) is 4.39 Å². The van der Waals surface area contributed by atoms with Gasteiger partial charge in [-0.3, -0.25) is 0 Å². The lowest BCUT2D eigenvalue weighted by molar-refractivity contribution is 0.383. The number of ether oxygens (including phenoxy) is 1. The molecule has 1 aromatic heterocycles. The van der Waals surface area contributed by atoms with Crippen molar-refractivity contribution in [1.29, 1.82) is 0 Å². The molecular formula is C6H6BrFN2O. The van der Waals surface area contributed by atoms with Gasteiger partial charge in [0.05, 0.1) is 11.6 Å². The van der Waals surface area contributed by atoms with Crippen molar-refractivity contribution < 1.29 is 9.13 Å². The third kappa shape index (κ3) is 1.42. The van der Waals surface area contributed by atoms with Crippen LogP contribution in [0.25, 0.3) is 0 Å². The van der Waals surface area contributed by atoms with E-state index in [0.29, 0.717) is 4.47 Å². The molecule has 0 amide bonds. The number of pyridine rings is 1. The minimum absolute atomic E-state index is 0.0810. The zero-order valence-electron chi connectivity index (χ0n) is 5.77. The first-order chi connectivity index (χ1) is 5.16. The lowest BCUT2D eigenvalue weighted by Crippen LogP contribution is -1.98. The number of aromatic nitrogens is 1. The molecule has 0 aliphatic heterocycles. The molecule has 0 radical (unpaired) electrons. The molecule has 0 spiro atoms. The summed E-state index contributed by atoms with van der Waals surface area (Å²) in [6.45, 7) is 0. The molecule has 0 atom stereocenters. The Balaban J connectivity index is 3.29. The third-order valence-electron chi connectivity index (χ3n) is 1.16. The Kier molecular flexibility index (Phi) is 2.28. The summed E-state index contributed by atoms with van der Waals surface area (Å²) in [4.78, 5) is 3.56. The monoisotopic (exact) mass is 220 g/mol. The first-order valence-corrected chi connectivity index (χ1v) is 3.59. The van der Waals surface area contributed by atoms with Crippen LogP contribution in [0.2, 0.25) is 0 Å². The average Bonchev–Trinajstić information content (AvgIpc) is 1.99. The molecule has 0 aromatic carbocycles. The fourth-order valence-corrected chi connectivity index (χ4v) is 1.09. The van der Waals surface area contributed by atoms with Crippen molar-refractivity contribution in [3.05, 3.63) is 16.5 Å². The normalized spacial score (nSPS) is 9.73. The van der Waals surface area contributed by atoms with Crippen LogP contribution in [0.15, 0.2) is 10.7 Å². The van der Waals surface area contributed by atoms with Gasteiger partial charge >= 0.3 is 0 Å². The van der Waals surface area contributed by atoms with E-state index >= 15 is 0 Å². The standard InChI is InChI=1S/C6H6BrFN2O/c1-11-5-3(7)2-10-6(9)4(5)8/h2H,1H3,(H2,9,10). The van der Waals surface area contributed by atoms with Gasteiger partial charge < -0.3 is 10.5 Å². The second-order valence-corrected chi connectivity index (χ2v) is 2.69. The van der Waals surface area contributed by atoms with E-state index in [2.05, 4.69) is 20.9 Å². The summed E-state index contributed by atoms with van der Waals surface area (Å²) in [5.41, 5.74) is 5.18. The van der Waals surface area contributed by atoms with Crippen LogP contribution in [-0.2, 0) is 0 Å². The van der Waals surface area contributed by atoms with Crippen LogP contribution in [0.3, 0.4) is 0 Å². The van der Waals surface area contributed by atoms with Crippen molar-refractivity contribution in [3.8, 4) is 5.75 Å². The summed E-state index contributed by atoms with van der Waals surface area (Å²) in [6, 6.07) is 0. The number of nitrogens with zero attached hydrogens (tertiary/aromatic N) is 1. The van der Waals surface area contributed by atoms with Gasteiger partial charge in [0.25, 0.3) is 0 Å². The van der Waals surface area contributed by atoms with E-state index in [-0.39, 0.29) is 11.6 Å². The number of halogens is 2. The summed E-state index contributed by atoms with van der Waals surface area (Å²) >= 11 is 3.06. The van der Waals surface area contributed by atoms with Crippen molar-refractivity contribution in [2.75, 3.05) is 12.8 Å². The van der Waals surface area contributed by atoms with Crippen LogP contribution in [0, 0.1) is 5.82 Å². The molecule has 0 saturated heterocycles. The first-order valence-electron chi connectivity index (χ1n) is 2.80. The molecule has 2 N–H and O–H groups in total. The van der Waals surface area contributed by atoms with Gasteiger partial charge in [0.1, 0.15) is 0 Å². The Bertz CT molecular complexity index is 280. The van der Waals surface area contributed by atoms with Gasteiger partial charge in [0.15, 0.2) is 11.6 Å². The molecule has 60 valence electrons. The quantitative estimate of drug-likeness (QED) is 0.782. The summed E-state index contributed by atoms with van der Waals surface area (Å²) in [5.74, 6) is -0.718. The number of nitrogen functional groups attached to an aromatic ring is 1.